The quantitative estimate of drug-likeness (QED) is 0.517. The Morgan fingerprint density at radius 1 is 1.43 bits per heavy atom. The van der Waals surface area contributed by atoms with Crippen LogP contribution >= 0.6 is 33.9 Å². The Morgan fingerprint density at radius 3 is 2.87 bits per heavy atom. The number of amides is 2. The first-order chi connectivity index (χ1) is 14.1. The van der Waals surface area contributed by atoms with Gasteiger partial charge in [0.05, 0.1) is 16.1 Å². The SMILES string of the molecule is CC1(C)CNC(=O)c2sc(Nc3ccc(I)cc3F)c(C(=O)N3CCC(N)C3)c2C1. The van der Waals surface area contributed by atoms with E-state index < -0.39 is 5.82 Å². The number of rotatable bonds is 3. The van der Waals surface area contributed by atoms with Gasteiger partial charge >= 0.3 is 0 Å². The second-order valence-electron chi connectivity index (χ2n) is 8.69. The van der Waals surface area contributed by atoms with Gasteiger partial charge in [0.1, 0.15) is 10.8 Å². The summed E-state index contributed by atoms with van der Waals surface area (Å²) in [5.74, 6) is -0.750. The average molecular weight is 542 g/mol. The summed E-state index contributed by atoms with van der Waals surface area (Å²) in [5, 5.41) is 6.54. The number of nitrogens with zero attached hydrogens (tertiary/aromatic N) is 1. The molecule has 0 radical (unpaired) electrons. The molecule has 4 N–H and O–H groups in total. The van der Waals surface area contributed by atoms with E-state index in [1.807, 2.05) is 22.6 Å². The van der Waals surface area contributed by atoms with Crippen molar-refractivity contribution in [2.75, 3.05) is 25.0 Å². The van der Waals surface area contributed by atoms with Gasteiger partial charge in [-0.1, -0.05) is 13.8 Å². The fourth-order valence-electron chi connectivity index (χ4n) is 3.92. The molecule has 2 aliphatic heterocycles. The molecule has 1 fully saturated rings. The predicted octanol–water partition coefficient (Wildman–Crippen LogP) is 3.72. The van der Waals surface area contributed by atoms with Crippen molar-refractivity contribution in [2.45, 2.75) is 32.7 Å². The Hall–Kier alpha value is -1.72. The molecule has 1 aromatic heterocycles. The summed E-state index contributed by atoms with van der Waals surface area (Å²) in [4.78, 5) is 28.5. The molecule has 2 amide bonds. The van der Waals surface area contributed by atoms with Crippen LogP contribution in [0.3, 0.4) is 0 Å². The summed E-state index contributed by atoms with van der Waals surface area (Å²) in [6, 6.07) is 4.82. The van der Waals surface area contributed by atoms with E-state index in [4.69, 9.17) is 5.73 Å². The Bertz CT molecular complexity index is 1020. The topological polar surface area (TPSA) is 87.5 Å². The number of fused-ring (bicyclic) bond motifs is 1. The Morgan fingerprint density at radius 2 is 2.20 bits per heavy atom. The van der Waals surface area contributed by atoms with Gasteiger partial charge in [0.15, 0.2) is 0 Å². The van der Waals surface area contributed by atoms with Gasteiger partial charge in [-0.15, -0.1) is 11.3 Å². The van der Waals surface area contributed by atoms with Crippen LogP contribution in [0.15, 0.2) is 18.2 Å². The molecule has 30 heavy (non-hydrogen) atoms. The van der Waals surface area contributed by atoms with E-state index in [0.717, 1.165) is 15.6 Å². The second kappa shape index (κ2) is 8.08. The van der Waals surface area contributed by atoms with Crippen LogP contribution in [-0.2, 0) is 6.42 Å². The maximum Gasteiger partial charge on any atom is 0.261 e. The highest BCUT2D eigenvalue weighted by Gasteiger charge is 2.37. The molecule has 4 rings (SSSR count). The number of nitrogens with one attached hydrogen (secondary N) is 2. The van der Waals surface area contributed by atoms with Crippen molar-refractivity contribution in [1.82, 2.24) is 10.2 Å². The van der Waals surface area contributed by atoms with Crippen LogP contribution in [0, 0.1) is 14.8 Å². The van der Waals surface area contributed by atoms with E-state index in [2.05, 4.69) is 24.5 Å². The molecule has 1 aromatic carbocycles. The zero-order valence-electron chi connectivity index (χ0n) is 16.9. The van der Waals surface area contributed by atoms with Crippen molar-refractivity contribution in [2.24, 2.45) is 11.1 Å². The molecular weight excluding hydrogens is 518 g/mol. The number of halogens is 2. The first-order valence-electron chi connectivity index (χ1n) is 9.85. The lowest BCUT2D eigenvalue weighted by atomic mass is 9.85. The van der Waals surface area contributed by atoms with Crippen LogP contribution in [-0.4, -0.2) is 42.4 Å². The standard InChI is InChI=1S/C21H24FIN4O2S/c1-21(2)8-13-16(20(29)27-6-5-12(24)9-27)19(30-17(13)18(28)25-10-21)26-15-4-3-11(23)7-14(15)22/h3-4,7,12,26H,5-6,8-10,24H2,1-2H3,(H,25,28). The highest BCUT2D eigenvalue weighted by Crippen LogP contribution is 2.41. The predicted molar refractivity (Wildman–Crippen MR) is 125 cm³/mol. The minimum absolute atomic E-state index is 0.0454. The number of hydrogen-bond donors (Lipinski definition) is 3. The summed E-state index contributed by atoms with van der Waals surface area (Å²) in [6.07, 6.45) is 1.33. The molecule has 0 bridgehead atoms. The lowest BCUT2D eigenvalue weighted by molar-refractivity contribution is 0.0790. The number of anilines is 2. The van der Waals surface area contributed by atoms with Crippen molar-refractivity contribution >= 4 is 56.4 Å². The molecule has 160 valence electrons. The minimum Gasteiger partial charge on any atom is -0.351 e. The fraction of sp³-hybridized carbons (Fsp3) is 0.429. The number of carbonyl (C=O) groups is 2. The smallest absolute Gasteiger partial charge is 0.261 e. The first kappa shape index (κ1) is 21.5. The third-order valence-corrected chi connectivity index (χ3v) is 7.32. The molecule has 9 heteroatoms. The summed E-state index contributed by atoms with van der Waals surface area (Å²) in [5.41, 5.74) is 7.29. The lowest BCUT2D eigenvalue weighted by Crippen LogP contribution is -2.33. The van der Waals surface area contributed by atoms with Gasteiger partial charge in [-0.05, 0) is 64.6 Å². The van der Waals surface area contributed by atoms with Crippen molar-refractivity contribution in [3.63, 3.8) is 0 Å². The number of benzene rings is 1. The molecule has 2 aromatic rings. The van der Waals surface area contributed by atoms with E-state index in [9.17, 15) is 14.0 Å². The molecule has 0 spiro atoms. The van der Waals surface area contributed by atoms with E-state index >= 15 is 0 Å². The van der Waals surface area contributed by atoms with Crippen LogP contribution in [0.5, 0.6) is 0 Å². The molecule has 0 saturated carbocycles. The van der Waals surface area contributed by atoms with Crippen molar-refractivity contribution in [3.05, 3.63) is 43.6 Å². The molecule has 0 aliphatic carbocycles. The highest BCUT2D eigenvalue weighted by molar-refractivity contribution is 14.1. The number of likely N-dealkylation sites (tertiary alicyclic amines) is 1. The summed E-state index contributed by atoms with van der Waals surface area (Å²) < 4.78 is 15.3. The fourth-order valence-corrected chi connectivity index (χ4v) is 5.51. The largest absolute Gasteiger partial charge is 0.351 e. The van der Waals surface area contributed by atoms with Crippen molar-refractivity contribution in [1.29, 1.82) is 0 Å². The van der Waals surface area contributed by atoms with Gasteiger partial charge in [-0.2, -0.15) is 0 Å². The van der Waals surface area contributed by atoms with Crippen LogP contribution in [0.1, 0.15) is 45.9 Å². The van der Waals surface area contributed by atoms with Gasteiger partial charge in [-0.25, -0.2) is 4.39 Å². The Kier molecular flexibility index (Phi) is 5.80. The summed E-state index contributed by atoms with van der Waals surface area (Å²) in [6.45, 7) is 5.72. The van der Waals surface area contributed by atoms with E-state index in [1.165, 1.54) is 17.4 Å². The normalized spacial score (nSPS) is 20.5. The minimum atomic E-state index is -0.406. The van der Waals surface area contributed by atoms with Crippen LogP contribution < -0.4 is 16.4 Å². The van der Waals surface area contributed by atoms with Crippen molar-refractivity contribution in [3.8, 4) is 0 Å². The molecule has 1 saturated heterocycles. The third-order valence-electron chi connectivity index (χ3n) is 5.50. The number of hydrogen-bond acceptors (Lipinski definition) is 5. The second-order valence-corrected chi connectivity index (χ2v) is 11.0. The van der Waals surface area contributed by atoms with Gasteiger partial charge in [0.25, 0.3) is 11.8 Å². The monoisotopic (exact) mass is 542 g/mol. The van der Waals surface area contributed by atoms with Gasteiger partial charge < -0.3 is 21.3 Å². The lowest BCUT2D eigenvalue weighted by Gasteiger charge is -2.24. The highest BCUT2D eigenvalue weighted by atomic mass is 127. The molecule has 1 atom stereocenters. The number of carbonyl (C=O) groups excluding carboxylic acids is 2. The van der Waals surface area contributed by atoms with Gasteiger partial charge in [0.2, 0.25) is 0 Å². The van der Waals surface area contributed by atoms with E-state index in [-0.39, 0.29) is 29.0 Å². The van der Waals surface area contributed by atoms with Crippen molar-refractivity contribution < 1.29 is 14.0 Å². The summed E-state index contributed by atoms with van der Waals surface area (Å²) >= 11 is 3.26. The van der Waals surface area contributed by atoms with Crippen LogP contribution in [0.2, 0.25) is 0 Å². The first-order valence-corrected chi connectivity index (χ1v) is 11.7. The maximum absolute atomic E-state index is 14.5. The number of nitrogens with two attached hydrogens (primary N) is 1. The molecular formula is C21H24FIN4O2S. The third kappa shape index (κ3) is 4.19. The zero-order chi connectivity index (χ0) is 21.6. The molecule has 6 nitrogen and oxygen atoms in total. The maximum atomic E-state index is 14.5. The van der Waals surface area contributed by atoms with Gasteiger partial charge in [-0.3, -0.25) is 9.59 Å². The zero-order valence-corrected chi connectivity index (χ0v) is 19.8. The number of thiophene rings is 1. The van der Waals surface area contributed by atoms with Crippen LogP contribution in [0.4, 0.5) is 15.1 Å². The average Bonchev–Trinajstić information content (AvgIpc) is 3.22. The Labute approximate surface area is 192 Å². The summed E-state index contributed by atoms with van der Waals surface area (Å²) in [7, 11) is 0. The van der Waals surface area contributed by atoms with E-state index in [0.29, 0.717) is 41.5 Å². The molecule has 3 heterocycles. The van der Waals surface area contributed by atoms with Crippen LogP contribution in [0.25, 0.3) is 0 Å². The molecule has 2 aliphatic rings. The molecule has 1 unspecified atom stereocenters. The van der Waals surface area contributed by atoms with Gasteiger partial charge in [0, 0.05) is 29.2 Å². The van der Waals surface area contributed by atoms with E-state index in [1.54, 1.807) is 17.0 Å². The Balaban J connectivity index is 1.82.